The molecule has 3 rings (SSSR count). The van der Waals surface area contributed by atoms with Crippen LogP contribution in [0, 0.1) is 5.82 Å². The SMILES string of the molecule is Fc1cccc(Oc2cnc3ccccc3c2)c1CCl. The van der Waals surface area contributed by atoms with Gasteiger partial charge in [0.05, 0.1) is 17.6 Å². The van der Waals surface area contributed by atoms with Gasteiger partial charge in [-0.2, -0.15) is 0 Å². The Bertz CT molecular complexity index is 760. The molecule has 0 atom stereocenters. The first-order valence-corrected chi connectivity index (χ1v) is 6.67. The van der Waals surface area contributed by atoms with Gasteiger partial charge in [0.15, 0.2) is 0 Å². The molecule has 0 aliphatic heterocycles. The molecule has 4 heteroatoms. The molecule has 0 bridgehead atoms. The molecule has 3 aromatic rings. The van der Waals surface area contributed by atoms with E-state index in [4.69, 9.17) is 16.3 Å². The Labute approximate surface area is 120 Å². The lowest BCUT2D eigenvalue weighted by atomic mass is 10.2. The van der Waals surface area contributed by atoms with Gasteiger partial charge in [0.25, 0.3) is 0 Å². The lowest BCUT2D eigenvalue weighted by Crippen LogP contribution is -1.93. The van der Waals surface area contributed by atoms with E-state index in [9.17, 15) is 4.39 Å². The van der Waals surface area contributed by atoms with Crippen molar-refractivity contribution in [2.24, 2.45) is 0 Å². The van der Waals surface area contributed by atoms with Crippen LogP contribution in [-0.2, 0) is 5.88 Å². The fourth-order valence-electron chi connectivity index (χ4n) is 2.00. The standard InChI is InChI=1S/C16H11ClFNO/c17-9-13-14(18)5-3-7-16(13)20-12-8-11-4-1-2-6-15(11)19-10-12/h1-8,10H,9H2. The zero-order valence-corrected chi connectivity index (χ0v) is 11.3. The summed E-state index contributed by atoms with van der Waals surface area (Å²) in [5, 5.41) is 0.967. The smallest absolute Gasteiger partial charge is 0.146 e. The van der Waals surface area contributed by atoms with E-state index in [0.29, 0.717) is 17.1 Å². The van der Waals surface area contributed by atoms with Gasteiger partial charge in [0.2, 0.25) is 0 Å². The van der Waals surface area contributed by atoms with E-state index in [1.54, 1.807) is 18.3 Å². The summed E-state index contributed by atoms with van der Waals surface area (Å²) in [6.45, 7) is 0. The Morgan fingerprint density at radius 1 is 1.10 bits per heavy atom. The number of nitrogens with zero attached hydrogens (tertiary/aromatic N) is 1. The second-order valence-corrected chi connectivity index (χ2v) is 4.58. The van der Waals surface area contributed by atoms with Gasteiger partial charge >= 0.3 is 0 Å². The van der Waals surface area contributed by atoms with E-state index in [-0.39, 0.29) is 11.7 Å². The van der Waals surface area contributed by atoms with Crippen LogP contribution in [0.4, 0.5) is 4.39 Å². The zero-order chi connectivity index (χ0) is 13.9. The monoisotopic (exact) mass is 287 g/mol. The summed E-state index contributed by atoms with van der Waals surface area (Å²) in [5.74, 6) is 0.659. The highest BCUT2D eigenvalue weighted by Crippen LogP contribution is 2.29. The summed E-state index contributed by atoms with van der Waals surface area (Å²) in [7, 11) is 0. The van der Waals surface area contributed by atoms with Crippen molar-refractivity contribution >= 4 is 22.5 Å². The topological polar surface area (TPSA) is 22.1 Å². The van der Waals surface area contributed by atoms with Crippen molar-refractivity contribution in [1.29, 1.82) is 0 Å². The first-order valence-electron chi connectivity index (χ1n) is 6.14. The number of halogens is 2. The highest BCUT2D eigenvalue weighted by atomic mass is 35.5. The van der Waals surface area contributed by atoms with Crippen LogP contribution >= 0.6 is 11.6 Å². The molecule has 0 aliphatic rings. The number of pyridine rings is 1. The van der Waals surface area contributed by atoms with E-state index < -0.39 is 0 Å². The summed E-state index contributed by atoms with van der Waals surface area (Å²) < 4.78 is 19.3. The molecule has 0 fully saturated rings. The average molecular weight is 288 g/mol. The minimum Gasteiger partial charge on any atom is -0.455 e. The van der Waals surface area contributed by atoms with Crippen molar-refractivity contribution in [3.05, 3.63) is 66.1 Å². The maximum atomic E-state index is 13.6. The van der Waals surface area contributed by atoms with Crippen LogP contribution in [0.15, 0.2) is 54.7 Å². The van der Waals surface area contributed by atoms with Crippen LogP contribution in [0.5, 0.6) is 11.5 Å². The minimum absolute atomic E-state index is 0.0585. The third kappa shape index (κ3) is 2.45. The van der Waals surface area contributed by atoms with Gasteiger partial charge in [0.1, 0.15) is 17.3 Å². The molecule has 2 nitrogen and oxygen atoms in total. The molecular formula is C16H11ClFNO. The number of rotatable bonds is 3. The molecule has 0 amide bonds. The number of alkyl halides is 1. The fraction of sp³-hybridized carbons (Fsp3) is 0.0625. The highest BCUT2D eigenvalue weighted by Gasteiger charge is 2.09. The van der Waals surface area contributed by atoms with Gasteiger partial charge in [-0.25, -0.2) is 4.39 Å². The lowest BCUT2D eigenvalue weighted by molar-refractivity contribution is 0.469. The molecule has 20 heavy (non-hydrogen) atoms. The van der Waals surface area contributed by atoms with E-state index >= 15 is 0 Å². The number of ether oxygens (including phenoxy) is 1. The minimum atomic E-state index is -0.369. The molecule has 0 saturated carbocycles. The van der Waals surface area contributed by atoms with Gasteiger partial charge in [-0.15, -0.1) is 11.6 Å². The quantitative estimate of drug-likeness (QED) is 0.639. The van der Waals surface area contributed by atoms with E-state index in [2.05, 4.69) is 4.98 Å². The fourth-order valence-corrected chi connectivity index (χ4v) is 2.26. The van der Waals surface area contributed by atoms with E-state index in [0.717, 1.165) is 10.9 Å². The Morgan fingerprint density at radius 2 is 1.95 bits per heavy atom. The lowest BCUT2D eigenvalue weighted by Gasteiger charge is -2.10. The summed E-state index contributed by atoms with van der Waals surface area (Å²) >= 11 is 5.76. The number of aromatic nitrogens is 1. The number of hydrogen-bond donors (Lipinski definition) is 0. The number of fused-ring (bicyclic) bond motifs is 1. The van der Waals surface area contributed by atoms with Gasteiger partial charge in [-0.05, 0) is 24.3 Å². The summed E-state index contributed by atoms with van der Waals surface area (Å²) in [6.07, 6.45) is 1.62. The second kappa shape index (κ2) is 5.47. The normalized spacial score (nSPS) is 10.7. The van der Waals surface area contributed by atoms with Crippen LogP contribution in [0.1, 0.15) is 5.56 Å². The van der Waals surface area contributed by atoms with Crippen molar-refractivity contribution < 1.29 is 9.13 Å². The van der Waals surface area contributed by atoms with Crippen molar-refractivity contribution in [2.75, 3.05) is 0 Å². The predicted molar refractivity (Wildman–Crippen MR) is 77.8 cm³/mol. The Morgan fingerprint density at radius 3 is 2.80 bits per heavy atom. The summed E-state index contributed by atoms with van der Waals surface area (Å²) in [4.78, 5) is 4.30. The second-order valence-electron chi connectivity index (χ2n) is 4.32. The maximum Gasteiger partial charge on any atom is 0.146 e. The molecule has 0 spiro atoms. The molecule has 2 aromatic carbocycles. The zero-order valence-electron chi connectivity index (χ0n) is 10.5. The van der Waals surface area contributed by atoms with Crippen LogP contribution in [0.25, 0.3) is 10.9 Å². The summed E-state index contributed by atoms with van der Waals surface area (Å²) in [6, 6.07) is 14.2. The van der Waals surface area contributed by atoms with Crippen molar-refractivity contribution in [1.82, 2.24) is 4.98 Å². The predicted octanol–water partition coefficient (Wildman–Crippen LogP) is 4.91. The van der Waals surface area contributed by atoms with Gasteiger partial charge < -0.3 is 4.74 Å². The third-order valence-electron chi connectivity index (χ3n) is 3.00. The van der Waals surface area contributed by atoms with Gasteiger partial charge in [-0.3, -0.25) is 4.98 Å². The first-order chi connectivity index (χ1) is 9.78. The van der Waals surface area contributed by atoms with Crippen LogP contribution in [0.2, 0.25) is 0 Å². The molecule has 0 N–H and O–H groups in total. The molecule has 100 valence electrons. The van der Waals surface area contributed by atoms with E-state index in [1.165, 1.54) is 6.07 Å². The van der Waals surface area contributed by atoms with Crippen molar-refractivity contribution in [2.45, 2.75) is 5.88 Å². The molecular weight excluding hydrogens is 277 g/mol. The largest absolute Gasteiger partial charge is 0.455 e. The molecule has 1 heterocycles. The molecule has 0 aliphatic carbocycles. The maximum absolute atomic E-state index is 13.6. The highest BCUT2D eigenvalue weighted by molar-refractivity contribution is 6.17. The number of para-hydroxylation sites is 1. The third-order valence-corrected chi connectivity index (χ3v) is 3.27. The Kier molecular flexibility index (Phi) is 3.52. The molecule has 0 saturated heterocycles. The van der Waals surface area contributed by atoms with Crippen molar-refractivity contribution in [3.63, 3.8) is 0 Å². The number of benzene rings is 2. The van der Waals surface area contributed by atoms with Gasteiger partial charge in [-0.1, -0.05) is 24.3 Å². The van der Waals surface area contributed by atoms with Crippen molar-refractivity contribution in [3.8, 4) is 11.5 Å². The van der Waals surface area contributed by atoms with Gasteiger partial charge in [0, 0.05) is 10.9 Å². The Balaban J connectivity index is 1.99. The summed E-state index contributed by atoms with van der Waals surface area (Å²) in [5.41, 5.74) is 1.24. The molecule has 0 unspecified atom stereocenters. The first kappa shape index (κ1) is 12.9. The average Bonchev–Trinajstić information content (AvgIpc) is 2.47. The van der Waals surface area contributed by atoms with E-state index in [1.807, 2.05) is 30.3 Å². The van der Waals surface area contributed by atoms with Crippen LogP contribution in [0.3, 0.4) is 0 Å². The van der Waals surface area contributed by atoms with Crippen LogP contribution < -0.4 is 4.74 Å². The van der Waals surface area contributed by atoms with Crippen LogP contribution in [-0.4, -0.2) is 4.98 Å². The number of hydrogen-bond acceptors (Lipinski definition) is 2. The molecule has 0 radical (unpaired) electrons. The molecule has 1 aromatic heterocycles. The Hall–Kier alpha value is -2.13.